The summed E-state index contributed by atoms with van der Waals surface area (Å²) in [5.74, 6) is 0.920. The second-order valence-corrected chi connectivity index (χ2v) is 8.11. The molecule has 136 valence electrons. The van der Waals surface area contributed by atoms with E-state index in [0.29, 0.717) is 34.5 Å². The molecule has 0 saturated carbocycles. The van der Waals surface area contributed by atoms with E-state index in [1.165, 1.54) is 13.3 Å². The van der Waals surface area contributed by atoms with Crippen LogP contribution in [0.15, 0.2) is 53.7 Å². The highest BCUT2D eigenvalue weighted by molar-refractivity contribution is 7.90. The highest BCUT2D eigenvalue weighted by Gasteiger charge is 2.15. The van der Waals surface area contributed by atoms with Crippen molar-refractivity contribution in [1.82, 2.24) is 9.97 Å². The molecule has 0 unspecified atom stereocenters. The van der Waals surface area contributed by atoms with Gasteiger partial charge in [-0.05, 0) is 23.8 Å². The minimum Gasteiger partial charge on any atom is -0.496 e. The van der Waals surface area contributed by atoms with E-state index < -0.39 is 9.84 Å². The van der Waals surface area contributed by atoms with Crippen LogP contribution in [0.1, 0.15) is 5.56 Å². The minimum absolute atomic E-state index is 0.206. The van der Waals surface area contributed by atoms with Crippen molar-refractivity contribution >= 4 is 21.4 Å². The van der Waals surface area contributed by atoms with E-state index in [1.54, 1.807) is 30.5 Å². The van der Waals surface area contributed by atoms with Crippen molar-refractivity contribution in [3.63, 3.8) is 0 Å². The molecule has 26 heavy (non-hydrogen) atoms. The molecule has 0 saturated heterocycles. The van der Waals surface area contributed by atoms with Crippen LogP contribution < -0.4 is 9.47 Å². The normalized spacial score (nSPS) is 11.3. The maximum atomic E-state index is 11.6. The van der Waals surface area contributed by atoms with Gasteiger partial charge in [0.15, 0.2) is 9.84 Å². The van der Waals surface area contributed by atoms with Crippen molar-refractivity contribution in [2.75, 3.05) is 13.4 Å². The van der Waals surface area contributed by atoms with Gasteiger partial charge in [0.1, 0.15) is 12.4 Å². The van der Waals surface area contributed by atoms with Crippen LogP contribution in [0.2, 0.25) is 5.02 Å². The van der Waals surface area contributed by atoms with Gasteiger partial charge >= 0.3 is 0 Å². The Kier molecular flexibility index (Phi) is 5.20. The number of nitrogens with one attached hydrogen (secondary N) is 1. The van der Waals surface area contributed by atoms with Crippen LogP contribution >= 0.6 is 11.6 Å². The van der Waals surface area contributed by atoms with Gasteiger partial charge in [-0.1, -0.05) is 23.7 Å². The van der Waals surface area contributed by atoms with Crippen molar-refractivity contribution in [2.24, 2.45) is 0 Å². The van der Waals surface area contributed by atoms with Crippen LogP contribution in [0.25, 0.3) is 11.3 Å². The van der Waals surface area contributed by atoms with Crippen LogP contribution in [-0.2, 0) is 16.4 Å². The molecular weight excluding hydrogens is 376 g/mol. The predicted molar refractivity (Wildman–Crippen MR) is 99.5 cm³/mol. The number of sulfone groups is 1. The Bertz CT molecular complexity index is 1010. The molecule has 0 spiro atoms. The van der Waals surface area contributed by atoms with E-state index in [-0.39, 0.29) is 4.90 Å². The molecule has 3 aromatic rings. The van der Waals surface area contributed by atoms with Gasteiger partial charge in [-0.2, -0.15) is 0 Å². The summed E-state index contributed by atoms with van der Waals surface area (Å²) >= 11 is 5.86. The summed E-state index contributed by atoms with van der Waals surface area (Å²) in [6, 6.07) is 10.5. The fraction of sp³-hybridized carbons (Fsp3) is 0.167. The first-order valence-corrected chi connectivity index (χ1v) is 9.94. The molecule has 0 radical (unpaired) electrons. The lowest BCUT2D eigenvalue weighted by Gasteiger charge is -2.10. The molecule has 1 aromatic carbocycles. The highest BCUT2D eigenvalue weighted by Crippen LogP contribution is 2.32. The van der Waals surface area contributed by atoms with E-state index in [1.807, 2.05) is 12.1 Å². The Balaban J connectivity index is 1.81. The SMILES string of the molecule is COc1cc(OCc2ccc(Cl)cc2)ncc1-c1cc(S(C)(=O)=O)c[nH]1. The zero-order chi connectivity index (χ0) is 18.7. The number of hydrogen-bond donors (Lipinski definition) is 1. The quantitative estimate of drug-likeness (QED) is 0.691. The Hall–Kier alpha value is -2.51. The molecule has 2 heterocycles. The minimum atomic E-state index is -3.29. The lowest BCUT2D eigenvalue weighted by molar-refractivity contribution is 0.291. The summed E-state index contributed by atoms with van der Waals surface area (Å²) in [4.78, 5) is 7.41. The summed E-state index contributed by atoms with van der Waals surface area (Å²) in [5, 5.41) is 0.664. The van der Waals surface area contributed by atoms with Crippen molar-refractivity contribution in [3.05, 3.63) is 59.4 Å². The molecule has 0 aliphatic rings. The average molecular weight is 393 g/mol. The van der Waals surface area contributed by atoms with Gasteiger partial charge in [0.05, 0.1) is 23.3 Å². The van der Waals surface area contributed by atoms with Crippen LogP contribution in [-0.4, -0.2) is 31.8 Å². The standard InChI is InChI=1S/C18H17ClN2O4S/c1-24-17-8-18(25-11-12-3-5-13(19)6-4-12)21-10-15(17)16-7-14(9-20-16)26(2,22)23/h3-10,20H,11H2,1-2H3. The van der Waals surface area contributed by atoms with Crippen molar-refractivity contribution in [2.45, 2.75) is 11.5 Å². The predicted octanol–water partition coefficient (Wildman–Crippen LogP) is 3.72. The van der Waals surface area contributed by atoms with E-state index in [9.17, 15) is 8.42 Å². The largest absolute Gasteiger partial charge is 0.496 e. The number of ether oxygens (including phenoxy) is 2. The second kappa shape index (κ2) is 7.39. The maximum Gasteiger partial charge on any atom is 0.217 e. The number of benzene rings is 1. The smallest absolute Gasteiger partial charge is 0.217 e. The fourth-order valence-electron chi connectivity index (χ4n) is 2.35. The number of aromatic nitrogens is 2. The van der Waals surface area contributed by atoms with Gasteiger partial charge in [-0.3, -0.25) is 0 Å². The average Bonchev–Trinajstić information content (AvgIpc) is 3.11. The molecule has 3 rings (SSSR count). The summed E-state index contributed by atoms with van der Waals surface area (Å²) in [7, 11) is -1.76. The van der Waals surface area contributed by atoms with E-state index in [2.05, 4.69) is 9.97 Å². The van der Waals surface area contributed by atoms with Crippen molar-refractivity contribution in [3.8, 4) is 22.9 Å². The lowest BCUT2D eigenvalue weighted by atomic mass is 10.2. The summed E-state index contributed by atoms with van der Waals surface area (Å²) in [6.45, 7) is 0.341. The first-order valence-electron chi connectivity index (χ1n) is 7.67. The topological polar surface area (TPSA) is 81.3 Å². The number of aromatic amines is 1. The molecule has 1 N–H and O–H groups in total. The Morgan fingerprint density at radius 3 is 2.54 bits per heavy atom. The molecule has 0 amide bonds. The zero-order valence-electron chi connectivity index (χ0n) is 14.2. The molecule has 0 bridgehead atoms. The van der Waals surface area contributed by atoms with Crippen molar-refractivity contribution < 1.29 is 17.9 Å². The first kappa shape index (κ1) is 18.3. The van der Waals surface area contributed by atoms with Gasteiger partial charge in [-0.15, -0.1) is 0 Å². The maximum absolute atomic E-state index is 11.6. The lowest BCUT2D eigenvalue weighted by Crippen LogP contribution is -1.98. The van der Waals surface area contributed by atoms with Crippen LogP contribution in [0, 0.1) is 0 Å². The van der Waals surface area contributed by atoms with Gasteiger partial charge in [-0.25, -0.2) is 13.4 Å². The Morgan fingerprint density at radius 1 is 1.19 bits per heavy atom. The molecule has 0 aliphatic heterocycles. The number of nitrogens with zero attached hydrogens (tertiary/aromatic N) is 1. The van der Waals surface area contributed by atoms with E-state index in [0.717, 1.165) is 11.8 Å². The number of halogens is 1. The third-order valence-corrected chi connectivity index (χ3v) is 5.08. The molecule has 0 fully saturated rings. The van der Waals surface area contributed by atoms with Crippen LogP contribution in [0.5, 0.6) is 11.6 Å². The molecule has 6 nitrogen and oxygen atoms in total. The second-order valence-electron chi connectivity index (χ2n) is 5.66. The number of pyridine rings is 1. The summed E-state index contributed by atoms with van der Waals surface area (Å²) in [6.07, 6.45) is 4.17. The molecule has 0 atom stereocenters. The summed E-state index contributed by atoms with van der Waals surface area (Å²) in [5.41, 5.74) is 2.20. The van der Waals surface area contributed by atoms with Gasteiger partial charge in [0.25, 0.3) is 0 Å². The number of methoxy groups -OCH3 is 1. The van der Waals surface area contributed by atoms with E-state index in [4.69, 9.17) is 21.1 Å². The number of H-pyrrole nitrogens is 1. The monoisotopic (exact) mass is 392 g/mol. The highest BCUT2D eigenvalue weighted by atomic mass is 35.5. The summed E-state index contributed by atoms with van der Waals surface area (Å²) < 4.78 is 34.3. The number of hydrogen-bond acceptors (Lipinski definition) is 5. The number of rotatable bonds is 6. The molecule has 8 heteroatoms. The molecular formula is C18H17ClN2O4S. The third kappa shape index (κ3) is 4.17. The first-order chi connectivity index (χ1) is 12.4. The van der Waals surface area contributed by atoms with E-state index >= 15 is 0 Å². The van der Waals surface area contributed by atoms with Crippen molar-refractivity contribution in [1.29, 1.82) is 0 Å². The van der Waals surface area contributed by atoms with Crippen LogP contribution in [0.4, 0.5) is 0 Å². The van der Waals surface area contributed by atoms with Gasteiger partial charge in [0.2, 0.25) is 5.88 Å². The third-order valence-electron chi connectivity index (χ3n) is 3.74. The zero-order valence-corrected chi connectivity index (χ0v) is 15.8. The van der Waals surface area contributed by atoms with Gasteiger partial charge in [0, 0.05) is 29.7 Å². The fourth-order valence-corrected chi connectivity index (χ4v) is 3.08. The molecule has 2 aromatic heterocycles. The molecule has 0 aliphatic carbocycles. The van der Waals surface area contributed by atoms with Gasteiger partial charge < -0.3 is 14.5 Å². The van der Waals surface area contributed by atoms with Crippen LogP contribution in [0.3, 0.4) is 0 Å². The Morgan fingerprint density at radius 2 is 1.92 bits per heavy atom. The Labute approximate surface area is 156 Å².